The summed E-state index contributed by atoms with van der Waals surface area (Å²) < 4.78 is 5.80. The molecule has 1 aromatic carbocycles. The average molecular weight is 388 g/mol. The number of esters is 1. The van der Waals surface area contributed by atoms with Crippen molar-refractivity contribution in [3.63, 3.8) is 0 Å². The number of benzene rings is 1. The summed E-state index contributed by atoms with van der Waals surface area (Å²) in [6, 6.07) is 6.79. The van der Waals surface area contributed by atoms with E-state index in [-0.39, 0.29) is 6.54 Å². The molecule has 0 saturated carbocycles. The highest BCUT2D eigenvalue weighted by Crippen LogP contribution is 2.21. The van der Waals surface area contributed by atoms with Crippen LogP contribution in [-0.4, -0.2) is 51.8 Å². The summed E-state index contributed by atoms with van der Waals surface area (Å²) in [4.78, 5) is 39.9. The third-order valence-electron chi connectivity index (χ3n) is 4.25. The third kappa shape index (κ3) is 3.97. The van der Waals surface area contributed by atoms with Gasteiger partial charge in [0.05, 0.1) is 13.3 Å². The van der Waals surface area contributed by atoms with Crippen LogP contribution in [0.25, 0.3) is 21.8 Å². The van der Waals surface area contributed by atoms with Crippen molar-refractivity contribution in [3.8, 4) is 0 Å². The smallest absolute Gasteiger partial charge is 0.328 e. The Kier molecular flexibility index (Phi) is 5.80. The molecule has 0 aliphatic rings. The first-order valence-corrected chi connectivity index (χ1v) is 9.77. The van der Waals surface area contributed by atoms with Gasteiger partial charge >= 0.3 is 5.97 Å². The van der Waals surface area contributed by atoms with Gasteiger partial charge in [-0.1, -0.05) is 18.2 Å². The lowest BCUT2D eigenvalue weighted by Gasteiger charge is -2.16. The second kappa shape index (κ2) is 8.26. The molecule has 0 aliphatic heterocycles. The van der Waals surface area contributed by atoms with Gasteiger partial charge in [0, 0.05) is 16.3 Å². The number of H-pyrrole nitrogens is 1. The number of carbonyl (C=O) groups is 2. The molecule has 0 bridgehead atoms. The molecule has 9 heteroatoms. The fourth-order valence-electron chi connectivity index (χ4n) is 2.89. The summed E-state index contributed by atoms with van der Waals surface area (Å²) in [5.74, 6) is -0.292. The van der Waals surface area contributed by atoms with E-state index in [0.717, 1.165) is 15.6 Å². The van der Waals surface area contributed by atoms with E-state index in [4.69, 9.17) is 4.74 Å². The molecule has 1 unspecified atom stereocenters. The number of aromatic amines is 1. The average Bonchev–Trinajstić information content (AvgIpc) is 3.06. The summed E-state index contributed by atoms with van der Waals surface area (Å²) >= 11 is 1.56. The molecule has 0 radical (unpaired) electrons. The molecular weight excluding hydrogens is 368 g/mol. The molecule has 1 amide bonds. The Morgan fingerprint density at radius 3 is 2.85 bits per heavy atom. The number of carbonyl (C=O) groups excluding carboxylic acids is 2. The summed E-state index contributed by atoms with van der Waals surface area (Å²) in [5, 5.41) is 8.33. The number of rotatable bonds is 7. The van der Waals surface area contributed by atoms with Crippen LogP contribution in [0.2, 0.25) is 0 Å². The number of hydrogen-bond acceptors (Lipinski definition) is 6. The minimum Gasteiger partial charge on any atom is -0.467 e. The number of thioether (sulfide) groups is 1. The molecule has 27 heavy (non-hydrogen) atoms. The van der Waals surface area contributed by atoms with E-state index >= 15 is 0 Å². The number of para-hydroxylation sites is 1. The molecule has 0 fully saturated rings. The van der Waals surface area contributed by atoms with E-state index in [1.807, 2.05) is 30.5 Å². The molecule has 1 atom stereocenters. The molecular formula is C18H20N4O4S. The highest BCUT2D eigenvalue weighted by atomic mass is 32.2. The van der Waals surface area contributed by atoms with Crippen molar-refractivity contribution in [2.45, 2.75) is 19.0 Å². The van der Waals surface area contributed by atoms with Gasteiger partial charge < -0.3 is 15.0 Å². The van der Waals surface area contributed by atoms with Gasteiger partial charge in [0.25, 0.3) is 5.56 Å². The topological polar surface area (TPSA) is 106 Å². The van der Waals surface area contributed by atoms with Crippen LogP contribution < -0.4 is 10.9 Å². The predicted octanol–water partition coefficient (Wildman–Crippen LogP) is 1.29. The van der Waals surface area contributed by atoms with Crippen LogP contribution in [0.1, 0.15) is 6.42 Å². The SMILES string of the molecule is COC(=O)C(CCSC)NC(=O)Cn1ncc2c([nH]c3ccccc32)c1=O. The van der Waals surface area contributed by atoms with Crippen molar-refractivity contribution in [2.24, 2.45) is 0 Å². The molecule has 142 valence electrons. The number of amides is 1. The van der Waals surface area contributed by atoms with Gasteiger partial charge in [-0.05, 0) is 24.5 Å². The van der Waals surface area contributed by atoms with Gasteiger partial charge in [0.15, 0.2) is 0 Å². The van der Waals surface area contributed by atoms with Crippen LogP contribution in [0.3, 0.4) is 0 Å². The summed E-state index contributed by atoms with van der Waals surface area (Å²) in [6.07, 6.45) is 3.92. The fourth-order valence-corrected chi connectivity index (χ4v) is 3.36. The number of nitrogens with one attached hydrogen (secondary N) is 2. The van der Waals surface area contributed by atoms with Gasteiger partial charge in [-0.2, -0.15) is 16.9 Å². The molecule has 2 heterocycles. The maximum Gasteiger partial charge on any atom is 0.328 e. The largest absolute Gasteiger partial charge is 0.467 e. The molecule has 3 rings (SSSR count). The number of nitrogens with zero attached hydrogens (tertiary/aromatic N) is 2. The Labute approximate surface area is 159 Å². The first kappa shape index (κ1) is 19.0. The third-order valence-corrected chi connectivity index (χ3v) is 4.89. The fraction of sp³-hybridized carbons (Fsp3) is 0.333. The standard InChI is InChI=1S/C18H20N4O4S/c1-26-18(25)14(7-8-27-2)20-15(23)10-22-17(24)16-12(9-19-22)11-5-3-4-6-13(11)21-16/h3-6,9,14,21H,7-8,10H2,1-2H3,(H,20,23). The van der Waals surface area contributed by atoms with Crippen molar-refractivity contribution >= 4 is 45.4 Å². The number of hydrogen-bond donors (Lipinski definition) is 2. The van der Waals surface area contributed by atoms with Crippen molar-refractivity contribution in [1.29, 1.82) is 0 Å². The first-order chi connectivity index (χ1) is 13.0. The Bertz CT molecular complexity index is 1040. The van der Waals surface area contributed by atoms with Crippen molar-refractivity contribution in [2.75, 3.05) is 19.1 Å². The zero-order chi connectivity index (χ0) is 19.4. The summed E-state index contributed by atoms with van der Waals surface area (Å²) in [6.45, 7) is -0.281. The van der Waals surface area contributed by atoms with Crippen molar-refractivity contribution in [1.82, 2.24) is 20.1 Å². The predicted molar refractivity (Wildman–Crippen MR) is 105 cm³/mol. The van der Waals surface area contributed by atoms with E-state index in [1.54, 1.807) is 18.0 Å². The number of aromatic nitrogens is 3. The molecule has 0 spiro atoms. The minimum atomic E-state index is -0.748. The van der Waals surface area contributed by atoms with Crippen LogP contribution >= 0.6 is 11.8 Å². The molecule has 8 nitrogen and oxygen atoms in total. The highest BCUT2D eigenvalue weighted by molar-refractivity contribution is 7.98. The maximum absolute atomic E-state index is 12.7. The van der Waals surface area contributed by atoms with Crippen LogP contribution in [-0.2, 0) is 20.9 Å². The highest BCUT2D eigenvalue weighted by Gasteiger charge is 2.21. The van der Waals surface area contributed by atoms with Gasteiger partial charge in [-0.15, -0.1) is 0 Å². The normalized spacial score (nSPS) is 12.2. The first-order valence-electron chi connectivity index (χ1n) is 8.37. The summed E-state index contributed by atoms with van der Waals surface area (Å²) in [5.41, 5.74) is 0.833. The quantitative estimate of drug-likeness (QED) is 0.591. The second-order valence-corrected chi connectivity index (χ2v) is 6.98. The molecule has 3 aromatic rings. The Morgan fingerprint density at radius 1 is 1.33 bits per heavy atom. The lowest BCUT2D eigenvalue weighted by molar-refractivity contribution is -0.145. The van der Waals surface area contributed by atoms with Gasteiger partial charge in [-0.25, -0.2) is 9.48 Å². The zero-order valence-electron chi connectivity index (χ0n) is 15.0. The van der Waals surface area contributed by atoms with E-state index in [1.165, 1.54) is 7.11 Å². The van der Waals surface area contributed by atoms with Gasteiger partial charge in [-0.3, -0.25) is 9.59 Å². The van der Waals surface area contributed by atoms with Gasteiger partial charge in [0.1, 0.15) is 18.1 Å². The van der Waals surface area contributed by atoms with Crippen LogP contribution in [0.4, 0.5) is 0 Å². The van der Waals surface area contributed by atoms with E-state index < -0.39 is 23.5 Å². The number of fused-ring (bicyclic) bond motifs is 3. The van der Waals surface area contributed by atoms with Crippen LogP contribution in [0.15, 0.2) is 35.3 Å². The monoisotopic (exact) mass is 388 g/mol. The maximum atomic E-state index is 12.7. The van der Waals surface area contributed by atoms with Gasteiger partial charge in [0.2, 0.25) is 5.91 Å². The molecule has 2 aromatic heterocycles. The van der Waals surface area contributed by atoms with Crippen LogP contribution in [0.5, 0.6) is 0 Å². The number of methoxy groups -OCH3 is 1. The van der Waals surface area contributed by atoms with E-state index in [9.17, 15) is 14.4 Å². The minimum absolute atomic E-state index is 0.281. The van der Waals surface area contributed by atoms with Crippen molar-refractivity contribution < 1.29 is 14.3 Å². The number of ether oxygens (including phenoxy) is 1. The molecule has 0 aliphatic carbocycles. The van der Waals surface area contributed by atoms with E-state index in [2.05, 4.69) is 15.4 Å². The van der Waals surface area contributed by atoms with Crippen molar-refractivity contribution in [3.05, 3.63) is 40.8 Å². The van der Waals surface area contributed by atoms with E-state index in [0.29, 0.717) is 23.1 Å². The lowest BCUT2D eigenvalue weighted by atomic mass is 10.2. The lowest BCUT2D eigenvalue weighted by Crippen LogP contribution is -2.44. The molecule has 2 N–H and O–H groups in total. The second-order valence-electron chi connectivity index (χ2n) is 5.99. The Hall–Kier alpha value is -2.81. The molecule has 0 saturated heterocycles. The van der Waals surface area contributed by atoms with Crippen LogP contribution in [0, 0.1) is 0 Å². The Balaban J connectivity index is 1.82. The Morgan fingerprint density at radius 2 is 2.11 bits per heavy atom. The summed E-state index contributed by atoms with van der Waals surface area (Å²) in [7, 11) is 1.27. The zero-order valence-corrected chi connectivity index (χ0v) is 15.8.